The van der Waals surface area contributed by atoms with Gasteiger partial charge in [-0.2, -0.15) is 0 Å². The third-order valence-corrected chi connectivity index (χ3v) is 13.3. The van der Waals surface area contributed by atoms with E-state index in [0.29, 0.717) is 22.3 Å². The fraction of sp³-hybridized carbons (Fsp3) is 0.667. The van der Waals surface area contributed by atoms with Gasteiger partial charge in [0.25, 0.3) is 5.91 Å². The molecule has 2 unspecified atom stereocenters. The van der Waals surface area contributed by atoms with Gasteiger partial charge in [-0.25, -0.2) is 4.98 Å². The summed E-state index contributed by atoms with van der Waals surface area (Å²) >= 11 is 1.33. The number of ketones is 1. The van der Waals surface area contributed by atoms with E-state index in [1.165, 1.54) is 11.3 Å². The number of amides is 2. The van der Waals surface area contributed by atoms with E-state index < -0.39 is 30.0 Å². The van der Waals surface area contributed by atoms with Gasteiger partial charge < -0.3 is 24.5 Å². The first-order chi connectivity index (χ1) is 26.2. The van der Waals surface area contributed by atoms with Gasteiger partial charge in [0, 0.05) is 49.7 Å². The van der Waals surface area contributed by atoms with Crippen molar-refractivity contribution in [2.45, 2.75) is 143 Å². The van der Waals surface area contributed by atoms with Crippen LogP contribution in [0, 0.1) is 23.7 Å². The van der Waals surface area contributed by atoms with E-state index in [9.17, 15) is 24.3 Å². The molecule has 1 fully saturated rings. The summed E-state index contributed by atoms with van der Waals surface area (Å²) in [5.74, 6) is -2.12. The molecule has 1 saturated heterocycles. The molecule has 2 N–H and O–H groups in total. The molecule has 2 aromatic rings. The van der Waals surface area contributed by atoms with E-state index in [2.05, 4.69) is 67.4 Å². The molecule has 2 amide bonds. The first-order valence-corrected chi connectivity index (χ1v) is 21.5. The molecule has 0 aliphatic carbocycles. The number of aromatic nitrogens is 1. The quantitative estimate of drug-likeness (QED) is 0.0959. The Morgan fingerprint density at radius 3 is 2.32 bits per heavy atom. The molecule has 1 aromatic heterocycles. The fourth-order valence-electron chi connectivity index (χ4n) is 8.09. The highest BCUT2D eigenvalue weighted by Crippen LogP contribution is 2.37. The number of carbonyl (C=O) groups excluding carboxylic acids is 3. The zero-order valence-electron chi connectivity index (χ0n) is 36.1. The number of carboxylic acids is 1. The number of aliphatic carboxylic acids is 1. The summed E-state index contributed by atoms with van der Waals surface area (Å²) in [7, 11) is 4.06. The molecular formula is C45H71N4O6S+. The summed E-state index contributed by atoms with van der Waals surface area (Å²) in [6.07, 6.45) is 4.67. The monoisotopic (exact) mass is 796 g/mol. The number of rotatable bonds is 21. The number of carboxylic acid groups (broad SMARTS) is 1. The van der Waals surface area contributed by atoms with Crippen molar-refractivity contribution < 1.29 is 33.5 Å². The van der Waals surface area contributed by atoms with Gasteiger partial charge in [-0.05, 0) is 70.8 Å². The average molecular weight is 796 g/mol. The largest absolute Gasteiger partial charge is 0.481 e. The number of nitrogens with zero attached hydrogens (tertiary/aromatic N) is 3. The topological polar surface area (TPSA) is 126 Å². The number of ether oxygens (including phenoxy) is 1. The van der Waals surface area contributed by atoms with Crippen LogP contribution in [0.5, 0.6) is 0 Å². The van der Waals surface area contributed by atoms with Gasteiger partial charge in [-0.1, -0.05) is 83.5 Å². The van der Waals surface area contributed by atoms with Gasteiger partial charge in [0.05, 0.1) is 31.7 Å². The Kier molecular flexibility index (Phi) is 17.5. The molecule has 312 valence electrons. The number of likely N-dealkylation sites (N-methyl/N-ethyl adjacent to an activating group) is 1. The van der Waals surface area contributed by atoms with Gasteiger partial charge in [-0.3, -0.25) is 19.2 Å². The van der Waals surface area contributed by atoms with Crippen LogP contribution in [-0.2, 0) is 25.5 Å². The smallest absolute Gasteiger partial charge is 0.306 e. The molecule has 56 heavy (non-hydrogen) atoms. The Labute approximate surface area is 341 Å². The predicted octanol–water partition coefficient (Wildman–Crippen LogP) is 8.52. The van der Waals surface area contributed by atoms with E-state index in [1.807, 2.05) is 49.2 Å². The maximum Gasteiger partial charge on any atom is 0.306 e. The highest BCUT2D eigenvalue weighted by molar-refractivity contribution is 7.09. The number of likely N-dealkylation sites (tertiary alicyclic amines) is 1. The molecule has 8 atom stereocenters. The number of hydrogen-bond donors (Lipinski definition) is 2. The molecular weight excluding hydrogens is 725 g/mol. The zero-order chi connectivity index (χ0) is 42.0. The molecule has 0 radical (unpaired) electrons. The lowest BCUT2D eigenvalue weighted by atomic mass is 9.81. The van der Waals surface area contributed by atoms with Gasteiger partial charge in [0.1, 0.15) is 22.8 Å². The number of Topliss-reactive ketones (excluding diaryl/α,β-unsaturated/α-hetero) is 1. The Balaban J connectivity index is 1.86. The lowest BCUT2D eigenvalue weighted by molar-refractivity contribution is -0.971. The van der Waals surface area contributed by atoms with Crippen LogP contribution in [0.15, 0.2) is 47.9 Å². The number of carbonyl (C=O) groups is 4. The molecule has 2 heterocycles. The van der Waals surface area contributed by atoms with E-state index in [-0.39, 0.29) is 72.2 Å². The van der Waals surface area contributed by atoms with Crippen LogP contribution in [0.3, 0.4) is 0 Å². The van der Waals surface area contributed by atoms with Crippen molar-refractivity contribution in [2.75, 3.05) is 27.2 Å². The minimum absolute atomic E-state index is 0.0231. The standard InChI is InChI=1S/C45H70N4O6S/c1-13-31(6)35(25-39(50)38-21-17-18-22-49(38,12)45(8,9)10)43(52)48(11)37(30(4)5)26-40(55-27-29(2)3)42-47-36(28-56-42)41(51)46-34(23-32(7)44(53)54)24-33-19-15-14-16-20-33/h14-16,19-20,28,30-32,34-35,37-38,40H,2,13,17-18,21-27H2,1,3-12H3,(H-,46,51,53,54)/p+1/t31-,32-,34+,35?,37+,38+,40+,49?/m0/s1. The molecule has 1 aliphatic rings. The lowest BCUT2D eigenvalue weighted by Crippen LogP contribution is -2.67. The Morgan fingerprint density at radius 1 is 1.09 bits per heavy atom. The van der Waals surface area contributed by atoms with Crippen LogP contribution < -0.4 is 5.32 Å². The van der Waals surface area contributed by atoms with Crippen molar-refractivity contribution in [1.29, 1.82) is 0 Å². The highest BCUT2D eigenvalue weighted by atomic mass is 32.1. The molecule has 1 aromatic carbocycles. The maximum absolute atomic E-state index is 14.6. The Hall–Kier alpha value is -3.41. The number of nitrogens with one attached hydrogen (secondary N) is 1. The van der Waals surface area contributed by atoms with E-state index >= 15 is 0 Å². The normalized spacial score (nSPS) is 20.7. The zero-order valence-corrected chi connectivity index (χ0v) is 36.9. The minimum Gasteiger partial charge on any atom is -0.481 e. The van der Waals surface area contributed by atoms with Gasteiger partial charge in [0.2, 0.25) is 5.91 Å². The summed E-state index contributed by atoms with van der Waals surface area (Å²) in [4.78, 5) is 60.8. The molecule has 3 rings (SSSR count). The summed E-state index contributed by atoms with van der Waals surface area (Å²) in [5, 5.41) is 15.0. The number of thiazole rings is 1. The second kappa shape index (κ2) is 20.8. The van der Waals surface area contributed by atoms with Gasteiger partial charge in [-0.15, -0.1) is 11.3 Å². The summed E-state index contributed by atoms with van der Waals surface area (Å²) in [6.45, 7) is 23.8. The molecule has 10 nitrogen and oxygen atoms in total. The van der Waals surface area contributed by atoms with Crippen LogP contribution in [0.2, 0.25) is 0 Å². The van der Waals surface area contributed by atoms with Crippen molar-refractivity contribution in [1.82, 2.24) is 15.2 Å². The number of piperidine rings is 1. The second-order valence-electron chi connectivity index (χ2n) is 18.0. The molecule has 0 spiro atoms. The number of hydrogen-bond acceptors (Lipinski definition) is 7. The van der Waals surface area contributed by atoms with Gasteiger partial charge in [0.15, 0.2) is 5.78 Å². The van der Waals surface area contributed by atoms with Crippen molar-refractivity contribution in [2.24, 2.45) is 23.7 Å². The van der Waals surface area contributed by atoms with Crippen molar-refractivity contribution in [3.8, 4) is 0 Å². The molecule has 1 aliphatic heterocycles. The Bertz CT molecular complexity index is 1620. The van der Waals surface area contributed by atoms with Crippen LogP contribution in [-0.4, -0.2) is 94.0 Å². The average Bonchev–Trinajstić information content (AvgIpc) is 3.63. The maximum atomic E-state index is 14.6. The third kappa shape index (κ3) is 12.5. The van der Waals surface area contributed by atoms with Crippen LogP contribution >= 0.6 is 11.3 Å². The van der Waals surface area contributed by atoms with Crippen LogP contribution in [0.4, 0.5) is 0 Å². The summed E-state index contributed by atoms with van der Waals surface area (Å²) in [5.41, 5.74) is 1.98. The second-order valence-corrected chi connectivity index (χ2v) is 18.9. The van der Waals surface area contributed by atoms with E-state index in [0.717, 1.165) is 43.4 Å². The number of quaternary nitrogens is 1. The van der Waals surface area contributed by atoms with Crippen LogP contribution in [0.25, 0.3) is 0 Å². The predicted molar refractivity (Wildman–Crippen MR) is 225 cm³/mol. The SMILES string of the molecule is C=C(C)CO[C@H](C[C@H](C(C)C)N(C)C(=O)C(CC(=O)[C@H]1CCCC[N+]1(C)C(C)(C)C)[C@@H](C)CC)c1nc(C(=O)N[C@@H](Cc2ccccc2)C[C@H](C)C(=O)O)cs1. The highest BCUT2D eigenvalue weighted by Gasteiger charge is 2.49. The summed E-state index contributed by atoms with van der Waals surface area (Å²) < 4.78 is 7.11. The fourth-order valence-corrected chi connectivity index (χ4v) is 8.95. The van der Waals surface area contributed by atoms with Crippen molar-refractivity contribution in [3.05, 3.63) is 64.1 Å². The van der Waals surface area contributed by atoms with Crippen LogP contribution in [0.1, 0.15) is 134 Å². The molecule has 0 saturated carbocycles. The van der Waals surface area contributed by atoms with E-state index in [1.54, 1.807) is 12.3 Å². The van der Waals surface area contributed by atoms with Crippen molar-refractivity contribution in [3.63, 3.8) is 0 Å². The first-order valence-electron chi connectivity index (χ1n) is 20.6. The first kappa shape index (κ1) is 47.0. The van der Waals surface area contributed by atoms with Gasteiger partial charge >= 0.3 is 5.97 Å². The summed E-state index contributed by atoms with van der Waals surface area (Å²) in [6, 6.07) is 8.91. The Morgan fingerprint density at radius 2 is 1.75 bits per heavy atom. The number of benzene rings is 1. The van der Waals surface area contributed by atoms with Crippen molar-refractivity contribution >= 4 is 34.9 Å². The molecule has 0 bridgehead atoms. The minimum atomic E-state index is -0.914. The third-order valence-electron chi connectivity index (χ3n) is 12.4. The van der Waals surface area contributed by atoms with E-state index in [4.69, 9.17) is 9.72 Å². The molecule has 11 heteroatoms. The lowest BCUT2D eigenvalue weighted by Gasteiger charge is -2.52.